The third-order valence-electron chi connectivity index (χ3n) is 3.78. The maximum atomic E-state index is 13.2. The Morgan fingerprint density at radius 1 is 1.09 bits per heavy atom. The fourth-order valence-corrected chi connectivity index (χ4v) is 3.09. The number of nitrogens with zero attached hydrogens (tertiary/aromatic N) is 1. The van der Waals surface area contributed by atoms with Crippen LogP contribution in [0.2, 0.25) is 10.0 Å². The Kier molecular flexibility index (Phi) is 4.57. The highest BCUT2D eigenvalue weighted by atomic mass is 35.5. The van der Waals surface area contributed by atoms with Gasteiger partial charge >= 0.3 is 0 Å². The number of imidazole rings is 1. The zero-order valence-electron chi connectivity index (χ0n) is 12.2. The van der Waals surface area contributed by atoms with E-state index in [0.717, 1.165) is 16.9 Å². The smallest absolute Gasteiger partial charge is 0.182 e. The number of rotatable bonds is 3. The molecular formula is C17H13Cl2FN2S. The molecule has 118 valence electrons. The van der Waals surface area contributed by atoms with E-state index in [1.165, 1.54) is 12.1 Å². The average molecular weight is 367 g/mol. The number of halogens is 3. The summed E-state index contributed by atoms with van der Waals surface area (Å²) in [6, 6.07) is 11.8. The lowest BCUT2D eigenvalue weighted by molar-refractivity contribution is 0.627. The summed E-state index contributed by atoms with van der Waals surface area (Å²) in [6.45, 7) is 2.05. The Morgan fingerprint density at radius 3 is 2.43 bits per heavy atom. The fraction of sp³-hybridized carbons (Fsp3) is 0.118. The van der Waals surface area contributed by atoms with Crippen molar-refractivity contribution in [3.05, 3.63) is 80.6 Å². The molecule has 0 bridgehead atoms. The highest BCUT2D eigenvalue weighted by Crippen LogP contribution is 2.31. The molecule has 0 saturated heterocycles. The topological polar surface area (TPSA) is 20.7 Å². The van der Waals surface area contributed by atoms with Crippen LogP contribution in [-0.4, -0.2) is 9.55 Å². The molecule has 1 unspecified atom stereocenters. The molecule has 0 saturated carbocycles. The van der Waals surface area contributed by atoms with Gasteiger partial charge in [0.05, 0.1) is 10.0 Å². The molecule has 2 aromatic carbocycles. The molecule has 23 heavy (non-hydrogen) atoms. The fourth-order valence-electron chi connectivity index (χ4n) is 2.51. The summed E-state index contributed by atoms with van der Waals surface area (Å²) in [5, 5.41) is 1.03. The van der Waals surface area contributed by atoms with Crippen molar-refractivity contribution in [2.45, 2.75) is 12.8 Å². The first-order valence-electron chi connectivity index (χ1n) is 6.98. The third-order valence-corrected chi connectivity index (χ3v) is 4.82. The van der Waals surface area contributed by atoms with Gasteiger partial charge in [0.25, 0.3) is 0 Å². The van der Waals surface area contributed by atoms with Crippen LogP contribution in [-0.2, 0) is 0 Å². The van der Waals surface area contributed by atoms with E-state index in [-0.39, 0.29) is 11.7 Å². The van der Waals surface area contributed by atoms with Crippen LogP contribution in [0.15, 0.2) is 48.7 Å². The van der Waals surface area contributed by atoms with Crippen LogP contribution in [0.5, 0.6) is 0 Å². The molecule has 1 N–H and O–H groups in total. The molecular weight excluding hydrogens is 354 g/mol. The first-order valence-corrected chi connectivity index (χ1v) is 8.15. The summed E-state index contributed by atoms with van der Waals surface area (Å²) in [7, 11) is 0. The molecule has 1 atom stereocenters. The number of hydrogen-bond acceptors (Lipinski definition) is 1. The van der Waals surface area contributed by atoms with E-state index in [1.807, 2.05) is 22.9 Å². The predicted octanol–water partition coefficient (Wildman–Crippen LogP) is 6.13. The standard InChI is InChI=1S/C17H13Cl2FN2S/c1-10(11-2-7-14(18)15(19)8-11)16-9-21-17(23)22(16)13-5-3-12(20)4-6-13/h2-10H,1H3,(H,21,23). The van der Waals surface area contributed by atoms with Crippen molar-refractivity contribution in [1.29, 1.82) is 0 Å². The van der Waals surface area contributed by atoms with Crippen LogP contribution in [0.3, 0.4) is 0 Å². The highest BCUT2D eigenvalue weighted by Gasteiger charge is 2.16. The molecule has 3 rings (SSSR count). The number of aromatic nitrogens is 2. The Morgan fingerprint density at radius 2 is 1.78 bits per heavy atom. The summed E-state index contributed by atoms with van der Waals surface area (Å²) in [6.07, 6.45) is 1.86. The number of aromatic amines is 1. The van der Waals surface area contributed by atoms with Gasteiger partial charge in [-0.25, -0.2) is 4.39 Å². The van der Waals surface area contributed by atoms with Gasteiger partial charge in [0.2, 0.25) is 0 Å². The van der Waals surface area contributed by atoms with Crippen molar-refractivity contribution in [2.75, 3.05) is 0 Å². The third kappa shape index (κ3) is 3.20. The molecule has 1 aromatic heterocycles. The van der Waals surface area contributed by atoms with E-state index in [2.05, 4.69) is 11.9 Å². The largest absolute Gasteiger partial charge is 0.337 e. The van der Waals surface area contributed by atoms with Gasteiger partial charge in [-0.2, -0.15) is 0 Å². The maximum absolute atomic E-state index is 13.2. The van der Waals surface area contributed by atoms with Gasteiger partial charge in [-0.1, -0.05) is 36.2 Å². The van der Waals surface area contributed by atoms with Gasteiger partial charge in [-0.3, -0.25) is 4.57 Å². The van der Waals surface area contributed by atoms with Crippen molar-refractivity contribution >= 4 is 35.4 Å². The first-order chi connectivity index (χ1) is 11.0. The molecule has 0 fully saturated rings. The Hall–Kier alpha value is -1.62. The molecule has 0 radical (unpaired) electrons. The van der Waals surface area contributed by atoms with Gasteiger partial charge in [-0.15, -0.1) is 0 Å². The second-order valence-corrected chi connectivity index (χ2v) is 6.43. The van der Waals surface area contributed by atoms with E-state index >= 15 is 0 Å². The van der Waals surface area contributed by atoms with Crippen LogP contribution < -0.4 is 0 Å². The second kappa shape index (κ2) is 6.48. The van der Waals surface area contributed by atoms with E-state index in [9.17, 15) is 4.39 Å². The minimum atomic E-state index is -0.283. The number of hydrogen-bond donors (Lipinski definition) is 1. The van der Waals surface area contributed by atoms with Gasteiger partial charge < -0.3 is 4.98 Å². The van der Waals surface area contributed by atoms with Gasteiger partial charge in [0.15, 0.2) is 4.77 Å². The van der Waals surface area contributed by atoms with Crippen molar-refractivity contribution < 1.29 is 4.39 Å². The number of nitrogens with one attached hydrogen (secondary N) is 1. The summed E-state index contributed by atoms with van der Waals surface area (Å²) in [5.74, 6) is -0.252. The van der Waals surface area contributed by atoms with Crippen LogP contribution >= 0.6 is 35.4 Å². The summed E-state index contributed by atoms with van der Waals surface area (Å²) in [4.78, 5) is 3.05. The lowest BCUT2D eigenvalue weighted by atomic mass is 9.98. The Labute approximate surface area is 148 Å². The molecule has 6 heteroatoms. The van der Waals surface area contributed by atoms with E-state index in [4.69, 9.17) is 35.4 Å². The van der Waals surface area contributed by atoms with Crippen molar-refractivity contribution in [1.82, 2.24) is 9.55 Å². The second-order valence-electron chi connectivity index (χ2n) is 5.23. The molecule has 0 aliphatic carbocycles. The Bertz CT molecular complexity index is 900. The van der Waals surface area contributed by atoms with E-state index in [1.54, 1.807) is 18.2 Å². The van der Waals surface area contributed by atoms with Crippen molar-refractivity contribution in [3.8, 4) is 5.69 Å². The first kappa shape index (κ1) is 16.2. The van der Waals surface area contributed by atoms with Crippen LogP contribution in [0.1, 0.15) is 24.1 Å². The lowest BCUT2D eigenvalue weighted by Crippen LogP contribution is -2.05. The number of H-pyrrole nitrogens is 1. The molecule has 3 aromatic rings. The molecule has 0 spiro atoms. The van der Waals surface area contributed by atoms with Gasteiger partial charge in [0.1, 0.15) is 5.82 Å². The van der Waals surface area contributed by atoms with Crippen LogP contribution in [0.4, 0.5) is 4.39 Å². The molecule has 0 aliphatic heterocycles. The zero-order chi connectivity index (χ0) is 16.6. The summed E-state index contributed by atoms with van der Waals surface area (Å²) < 4.78 is 15.6. The van der Waals surface area contributed by atoms with Crippen molar-refractivity contribution in [2.24, 2.45) is 0 Å². The summed E-state index contributed by atoms with van der Waals surface area (Å²) >= 11 is 17.5. The minimum Gasteiger partial charge on any atom is -0.337 e. The normalized spacial score (nSPS) is 12.3. The quantitative estimate of drug-likeness (QED) is 0.552. The Balaban J connectivity index is 2.08. The van der Waals surface area contributed by atoms with Crippen LogP contribution in [0.25, 0.3) is 5.69 Å². The lowest BCUT2D eigenvalue weighted by Gasteiger charge is -2.16. The molecule has 0 amide bonds. The molecule has 0 aliphatic rings. The zero-order valence-corrected chi connectivity index (χ0v) is 14.5. The van der Waals surface area contributed by atoms with Gasteiger partial charge in [0, 0.05) is 23.5 Å². The molecule has 1 heterocycles. The van der Waals surface area contributed by atoms with E-state index < -0.39 is 0 Å². The molecule has 2 nitrogen and oxygen atoms in total. The number of benzene rings is 2. The maximum Gasteiger partial charge on any atom is 0.182 e. The monoisotopic (exact) mass is 366 g/mol. The minimum absolute atomic E-state index is 0.0303. The van der Waals surface area contributed by atoms with Gasteiger partial charge in [-0.05, 0) is 54.2 Å². The SMILES string of the molecule is CC(c1ccc(Cl)c(Cl)c1)c1c[nH]c(=S)n1-c1ccc(F)cc1. The predicted molar refractivity (Wildman–Crippen MR) is 94.9 cm³/mol. The average Bonchev–Trinajstić information content (AvgIpc) is 2.92. The highest BCUT2D eigenvalue weighted by molar-refractivity contribution is 7.71. The van der Waals surface area contributed by atoms with Crippen molar-refractivity contribution in [3.63, 3.8) is 0 Å². The summed E-state index contributed by atoms with van der Waals surface area (Å²) in [5.41, 5.74) is 2.78. The van der Waals surface area contributed by atoms with E-state index in [0.29, 0.717) is 14.8 Å². The van der Waals surface area contributed by atoms with Crippen LogP contribution in [0, 0.1) is 10.6 Å².